The first kappa shape index (κ1) is 7.21. The summed E-state index contributed by atoms with van der Waals surface area (Å²) in [4.78, 5) is 0. The second kappa shape index (κ2) is 3.24. The monoisotopic (exact) mass is 123 g/mol. The van der Waals surface area contributed by atoms with Gasteiger partial charge in [0.1, 0.15) is 0 Å². The standard InChI is InChI=1S/C4H9NO.ClH/c5-1-4-2-6-3-4;/h4H,1-3,5H2;1H. The molecule has 0 atom stereocenters. The third-order valence-electron chi connectivity index (χ3n) is 1.04. The second-order valence-corrected chi connectivity index (χ2v) is 1.64. The van der Waals surface area contributed by atoms with Crippen LogP contribution in [0.2, 0.25) is 0 Å². The molecule has 0 aromatic carbocycles. The Hall–Kier alpha value is 0.210. The third-order valence-corrected chi connectivity index (χ3v) is 1.04. The fraction of sp³-hybridized carbons (Fsp3) is 1.00. The van der Waals surface area contributed by atoms with Crippen molar-refractivity contribution >= 4 is 12.4 Å². The lowest BCUT2D eigenvalue weighted by atomic mass is 10.1. The Morgan fingerprint density at radius 1 is 1.57 bits per heavy atom. The van der Waals surface area contributed by atoms with Crippen LogP contribution in [0.25, 0.3) is 0 Å². The van der Waals surface area contributed by atoms with Gasteiger partial charge in [-0.05, 0) is 6.54 Å². The predicted molar refractivity (Wildman–Crippen MR) is 30.6 cm³/mol. The maximum atomic E-state index is 5.25. The second-order valence-electron chi connectivity index (χ2n) is 1.64. The largest absolute Gasteiger partial charge is 0.381 e. The molecule has 0 aromatic heterocycles. The van der Waals surface area contributed by atoms with Gasteiger partial charge in [0.25, 0.3) is 0 Å². The Morgan fingerprint density at radius 3 is 2.14 bits per heavy atom. The van der Waals surface area contributed by atoms with E-state index < -0.39 is 0 Å². The van der Waals surface area contributed by atoms with E-state index in [0.29, 0.717) is 5.92 Å². The minimum absolute atomic E-state index is 0. The van der Waals surface area contributed by atoms with Gasteiger partial charge in [-0.3, -0.25) is 0 Å². The molecule has 1 rings (SSSR count). The first-order valence-electron chi connectivity index (χ1n) is 2.21. The van der Waals surface area contributed by atoms with Gasteiger partial charge in [0.05, 0.1) is 13.2 Å². The Balaban J connectivity index is 0.000000360. The number of hydrogen-bond acceptors (Lipinski definition) is 2. The topological polar surface area (TPSA) is 35.2 Å². The first-order valence-corrected chi connectivity index (χ1v) is 2.21. The maximum Gasteiger partial charge on any atom is 0.0528 e. The Morgan fingerprint density at radius 2 is 2.14 bits per heavy atom. The van der Waals surface area contributed by atoms with Crippen LogP contribution in [0.3, 0.4) is 0 Å². The van der Waals surface area contributed by atoms with Crippen LogP contribution in [0.4, 0.5) is 0 Å². The van der Waals surface area contributed by atoms with Crippen molar-refractivity contribution in [1.82, 2.24) is 0 Å². The van der Waals surface area contributed by atoms with E-state index in [1.807, 2.05) is 0 Å². The van der Waals surface area contributed by atoms with E-state index in [0.717, 1.165) is 19.8 Å². The summed E-state index contributed by atoms with van der Waals surface area (Å²) in [6, 6.07) is 0. The van der Waals surface area contributed by atoms with Crippen LogP contribution in [-0.2, 0) is 4.74 Å². The van der Waals surface area contributed by atoms with Crippen molar-refractivity contribution in [1.29, 1.82) is 0 Å². The summed E-state index contributed by atoms with van der Waals surface area (Å²) in [7, 11) is 0. The molecule has 1 aliphatic heterocycles. The minimum Gasteiger partial charge on any atom is -0.381 e. The van der Waals surface area contributed by atoms with E-state index in [1.54, 1.807) is 0 Å². The fourth-order valence-electron chi connectivity index (χ4n) is 0.421. The van der Waals surface area contributed by atoms with E-state index in [4.69, 9.17) is 10.5 Å². The molecule has 3 heteroatoms. The molecule has 0 aromatic rings. The molecule has 1 aliphatic rings. The van der Waals surface area contributed by atoms with Gasteiger partial charge in [-0.1, -0.05) is 0 Å². The quantitative estimate of drug-likeness (QED) is 0.533. The molecule has 2 N–H and O–H groups in total. The third kappa shape index (κ3) is 1.63. The zero-order valence-corrected chi connectivity index (χ0v) is 4.91. The maximum absolute atomic E-state index is 5.25. The van der Waals surface area contributed by atoms with Crippen LogP contribution in [0, 0.1) is 5.92 Å². The highest BCUT2D eigenvalue weighted by atomic mass is 35.5. The molecule has 0 amide bonds. The molecular formula is C4H10ClNO. The average Bonchev–Trinajstić information content (AvgIpc) is 1.31. The number of nitrogens with two attached hydrogens (primary N) is 1. The highest BCUT2D eigenvalue weighted by Gasteiger charge is 2.14. The van der Waals surface area contributed by atoms with Crippen LogP contribution in [0.15, 0.2) is 0 Å². The van der Waals surface area contributed by atoms with Crippen LogP contribution in [0.5, 0.6) is 0 Å². The molecule has 0 bridgehead atoms. The summed E-state index contributed by atoms with van der Waals surface area (Å²) in [5.41, 5.74) is 5.25. The van der Waals surface area contributed by atoms with Crippen LogP contribution in [-0.4, -0.2) is 19.8 Å². The van der Waals surface area contributed by atoms with Gasteiger partial charge < -0.3 is 10.5 Å². The molecule has 0 spiro atoms. The van der Waals surface area contributed by atoms with Crippen molar-refractivity contribution in [2.24, 2.45) is 11.7 Å². The summed E-state index contributed by atoms with van der Waals surface area (Å²) in [5, 5.41) is 0. The smallest absolute Gasteiger partial charge is 0.0528 e. The van der Waals surface area contributed by atoms with Crippen molar-refractivity contribution in [3.63, 3.8) is 0 Å². The van der Waals surface area contributed by atoms with Gasteiger partial charge in [-0.25, -0.2) is 0 Å². The lowest BCUT2D eigenvalue weighted by molar-refractivity contribution is -0.0268. The molecule has 1 saturated heterocycles. The van der Waals surface area contributed by atoms with Gasteiger partial charge in [-0.15, -0.1) is 12.4 Å². The molecule has 7 heavy (non-hydrogen) atoms. The van der Waals surface area contributed by atoms with Crippen molar-refractivity contribution < 1.29 is 4.74 Å². The highest BCUT2D eigenvalue weighted by Crippen LogP contribution is 2.05. The molecule has 1 heterocycles. The van der Waals surface area contributed by atoms with Gasteiger partial charge in [0.2, 0.25) is 0 Å². The molecule has 44 valence electrons. The minimum atomic E-state index is 0. The van der Waals surface area contributed by atoms with Crippen LogP contribution >= 0.6 is 12.4 Å². The van der Waals surface area contributed by atoms with Crippen molar-refractivity contribution in [2.75, 3.05) is 19.8 Å². The summed E-state index contributed by atoms with van der Waals surface area (Å²) in [6.07, 6.45) is 0. The molecule has 1 fully saturated rings. The Bertz CT molecular complexity index is 44.2. The molecule has 0 aliphatic carbocycles. The van der Waals surface area contributed by atoms with Gasteiger partial charge in [0.15, 0.2) is 0 Å². The van der Waals surface area contributed by atoms with Gasteiger partial charge >= 0.3 is 0 Å². The summed E-state index contributed by atoms with van der Waals surface area (Å²) in [6.45, 7) is 2.56. The molecule has 0 radical (unpaired) electrons. The van der Waals surface area contributed by atoms with E-state index in [2.05, 4.69) is 0 Å². The number of ether oxygens (including phenoxy) is 1. The summed E-state index contributed by atoms with van der Waals surface area (Å²) >= 11 is 0. The molecule has 2 nitrogen and oxygen atoms in total. The van der Waals surface area contributed by atoms with Gasteiger partial charge in [0, 0.05) is 5.92 Å². The number of halogens is 1. The molecular weight excluding hydrogens is 114 g/mol. The molecule has 0 unspecified atom stereocenters. The van der Waals surface area contributed by atoms with Crippen molar-refractivity contribution in [3.05, 3.63) is 0 Å². The van der Waals surface area contributed by atoms with Crippen LogP contribution < -0.4 is 5.73 Å². The summed E-state index contributed by atoms with van der Waals surface area (Å²) < 4.78 is 4.85. The Labute approximate surface area is 49.4 Å². The SMILES string of the molecule is Cl.NCC1COC1. The van der Waals surface area contributed by atoms with Crippen molar-refractivity contribution in [3.8, 4) is 0 Å². The molecule has 0 saturated carbocycles. The van der Waals surface area contributed by atoms with Crippen molar-refractivity contribution in [2.45, 2.75) is 0 Å². The first-order chi connectivity index (χ1) is 2.93. The van der Waals surface area contributed by atoms with E-state index in [9.17, 15) is 0 Å². The predicted octanol–water partition coefficient (Wildman–Crippen LogP) is 0.0133. The summed E-state index contributed by atoms with van der Waals surface area (Å²) in [5.74, 6) is 0.671. The van der Waals surface area contributed by atoms with E-state index >= 15 is 0 Å². The number of hydrogen-bond donors (Lipinski definition) is 1. The van der Waals surface area contributed by atoms with Gasteiger partial charge in [-0.2, -0.15) is 0 Å². The van der Waals surface area contributed by atoms with E-state index in [1.165, 1.54) is 0 Å². The lowest BCUT2D eigenvalue weighted by Gasteiger charge is -2.23. The number of rotatable bonds is 1. The Kier molecular flexibility index (Phi) is 3.34. The average molecular weight is 124 g/mol. The lowest BCUT2D eigenvalue weighted by Crippen LogP contribution is -2.33. The highest BCUT2D eigenvalue weighted by molar-refractivity contribution is 5.85. The fourth-order valence-corrected chi connectivity index (χ4v) is 0.421. The zero-order valence-electron chi connectivity index (χ0n) is 4.09. The zero-order chi connectivity index (χ0) is 4.41. The van der Waals surface area contributed by atoms with E-state index in [-0.39, 0.29) is 12.4 Å². The van der Waals surface area contributed by atoms with Crippen LogP contribution in [0.1, 0.15) is 0 Å². The normalized spacial score (nSPS) is 20.1.